The summed E-state index contributed by atoms with van der Waals surface area (Å²) in [5.41, 5.74) is 0.301. The van der Waals surface area contributed by atoms with Gasteiger partial charge in [-0.3, -0.25) is 14.5 Å². The van der Waals surface area contributed by atoms with Gasteiger partial charge in [0.05, 0.1) is 6.04 Å². The summed E-state index contributed by atoms with van der Waals surface area (Å²) in [5.74, 6) is -0.331. The summed E-state index contributed by atoms with van der Waals surface area (Å²) in [6, 6.07) is 9.21. The molecule has 1 saturated heterocycles. The van der Waals surface area contributed by atoms with Gasteiger partial charge < -0.3 is 10.6 Å². The molecule has 1 unspecified atom stereocenters. The fourth-order valence-electron chi connectivity index (χ4n) is 3.73. The lowest BCUT2D eigenvalue weighted by Crippen LogP contribution is -2.48. The number of urea groups is 1. The minimum absolute atomic E-state index is 0.110. The molecule has 2 aliphatic rings. The highest BCUT2D eigenvalue weighted by Gasteiger charge is 2.51. The molecule has 1 aromatic rings. The first kappa shape index (κ1) is 17.5. The van der Waals surface area contributed by atoms with E-state index < -0.39 is 5.54 Å². The van der Waals surface area contributed by atoms with E-state index in [1.165, 1.54) is 4.90 Å². The molecule has 0 radical (unpaired) electrons. The van der Waals surface area contributed by atoms with Crippen LogP contribution in [-0.4, -0.2) is 34.8 Å². The Kier molecular flexibility index (Phi) is 5.06. The normalized spacial score (nSPS) is 20.4. The average Bonchev–Trinajstić information content (AvgIpc) is 2.84. The molecule has 1 atom stereocenters. The molecule has 1 heterocycles. The monoisotopic (exact) mass is 343 g/mol. The zero-order chi connectivity index (χ0) is 17.9. The average molecular weight is 343 g/mol. The van der Waals surface area contributed by atoms with Gasteiger partial charge in [-0.2, -0.15) is 0 Å². The molecule has 2 N–H and O–H groups in total. The Morgan fingerprint density at radius 3 is 2.56 bits per heavy atom. The molecule has 6 heteroatoms. The minimum atomic E-state index is -0.719. The molecule has 0 aromatic heterocycles. The second-order valence-corrected chi connectivity index (χ2v) is 6.98. The molecule has 134 valence electrons. The molecular formula is C19H25N3O3. The Labute approximate surface area is 148 Å². The van der Waals surface area contributed by atoms with E-state index in [4.69, 9.17) is 0 Å². The second-order valence-electron chi connectivity index (χ2n) is 6.98. The molecule has 2 fully saturated rings. The lowest BCUT2D eigenvalue weighted by Gasteiger charge is -2.30. The Balaban J connectivity index is 1.53. The van der Waals surface area contributed by atoms with Crippen molar-refractivity contribution in [2.45, 2.75) is 57.0 Å². The van der Waals surface area contributed by atoms with Gasteiger partial charge in [0.25, 0.3) is 5.91 Å². The summed E-state index contributed by atoms with van der Waals surface area (Å²) in [5, 5.41) is 5.78. The third-order valence-electron chi connectivity index (χ3n) is 5.19. The van der Waals surface area contributed by atoms with Crippen molar-refractivity contribution in [3.05, 3.63) is 35.9 Å². The van der Waals surface area contributed by atoms with E-state index in [0.29, 0.717) is 12.8 Å². The van der Waals surface area contributed by atoms with Crippen molar-refractivity contribution in [3.8, 4) is 0 Å². The summed E-state index contributed by atoms with van der Waals surface area (Å²) in [6.07, 6.45) is 4.53. The van der Waals surface area contributed by atoms with E-state index in [9.17, 15) is 14.4 Å². The molecule has 1 aliphatic carbocycles. The van der Waals surface area contributed by atoms with Crippen LogP contribution in [0, 0.1) is 0 Å². The van der Waals surface area contributed by atoms with Crippen molar-refractivity contribution in [1.29, 1.82) is 0 Å². The van der Waals surface area contributed by atoms with E-state index in [-0.39, 0.29) is 36.9 Å². The van der Waals surface area contributed by atoms with Gasteiger partial charge in [-0.15, -0.1) is 0 Å². The van der Waals surface area contributed by atoms with Crippen molar-refractivity contribution in [1.82, 2.24) is 15.5 Å². The maximum Gasteiger partial charge on any atom is 0.325 e. The standard InChI is InChI=1S/C19H25N3O3/c1-14(15-8-4-2-5-9-15)20-16(23)10-13-22-17(24)19(21-18(22)25)11-6-3-7-12-19/h2,4-5,8-9,14H,3,6-7,10-13H2,1H3,(H,20,23)(H,21,25). The molecule has 25 heavy (non-hydrogen) atoms. The van der Waals surface area contributed by atoms with Crippen LogP contribution in [0.1, 0.15) is 57.1 Å². The number of hydrogen-bond donors (Lipinski definition) is 2. The van der Waals surface area contributed by atoms with E-state index in [2.05, 4.69) is 10.6 Å². The Bertz CT molecular complexity index is 653. The van der Waals surface area contributed by atoms with Crippen molar-refractivity contribution in [2.24, 2.45) is 0 Å². The first-order valence-corrected chi connectivity index (χ1v) is 9.00. The van der Waals surface area contributed by atoms with Gasteiger partial charge in [0.1, 0.15) is 5.54 Å². The third kappa shape index (κ3) is 3.67. The number of amides is 4. The van der Waals surface area contributed by atoms with Crippen molar-refractivity contribution < 1.29 is 14.4 Å². The predicted molar refractivity (Wildman–Crippen MR) is 93.7 cm³/mol. The minimum Gasteiger partial charge on any atom is -0.350 e. The zero-order valence-corrected chi connectivity index (χ0v) is 14.6. The first-order valence-electron chi connectivity index (χ1n) is 9.00. The fraction of sp³-hybridized carbons (Fsp3) is 0.526. The Morgan fingerprint density at radius 1 is 1.20 bits per heavy atom. The second kappa shape index (κ2) is 7.25. The lowest BCUT2D eigenvalue weighted by molar-refractivity contribution is -0.132. The summed E-state index contributed by atoms with van der Waals surface area (Å²) in [7, 11) is 0. The van der Waals surface area contributed by atoms with E-state index in [0.717, 1.165) is 24.8 Å². The largest absolute Gasteiger partial charge is 0.350 e. The van der Waals surface area contributed by atoms with Crippen LogP contribution in [0.25, 0.3) is 0 Å². The molecule has 4 amide bonds. The van der Waals surface area contributed by atoms with Crippen molar-refractivity contribution in [2.75, 3.05) is 6.54 Å². The van der Waals surface area contributed by atoms with Gasteiger partial charge in [0.2, 0.25) is 5.91 Å². The molecule has 1 spiro atoms. The smallest absolute Gasteiger partial charge is 0.325 e. The molecule has 0 bridgehead atoms. The van der Waals surface area contributed by atoms with Crippen LogP contribution in [-0.2, 0) is 9.59 Å². The molecule has 1 aliphatic heterocycles. The van der Waals surface area contributed by atoms with Crippen LogP contribution >= 0.6 is 0 Å². The number of benzene rings is 1. The van der Waals surface area contributed by atoms with Crippen LogP contribution in [0.4, 0.5) is 4.79 Å². The maximum atomic E-state index is 12.7. The molecule has 6 nitrogen and oxygen atoms in total. The topological polar surface area (TPSA) is 78.5 Å². The fourth-order valence-corrected chi connectivity index (χ4v) is 3.73. The van der Waals surface area contributed by atoms with Gasteiger partial charge in [0.15, 0.2) is 0 Å². The van der Waals surface area contributed by atoms with Gasteiger partial charge in [0, 0.05) is 13.0 Å². The number of carbonyl (C=O) groups excluding carboxylic acids is 3. The lowest BCUT2D eigenvalue weighted by atomic mass is 9.82. The van der Waals surface area contributed by atoms with Crippen LogP contribution in [0.5, 0.6) is 0 Å². The summed E-state index contributed by atoms with van der Waals surface area (Å²) < 4.78 is 0. The van der Waals surface area contributed by atoms with E-state index in [1.807, 2.05) is 37.3 Å². The van der Waals surface area contributed by atoms with E-state index in [1.54, 1.807) is 0 Å². The quantitative estimate of drug-likeness (QED) is 0.806. The summed E-state index contributed by atoms with van der Waals surface area (Å²) >= 11 is 0. The maximum absolute atomic E-state index is 12.7. The Hall–Kier alpha value is -2.37. The van der Waals surface area contributed by atoms with Crippen molar-refractivity contribution in [3.63, 3.8) is 0 Å². The van der Waals surface area contributed by atoms with Crippen LogP contribution in [0.15, 0.2) is 30.3 Å². The van der Waals surface area contributed by atoms with Gasteiger partial charge in [-0.25, -0.2) is 4.79 Å². The number of rotatable bonds is 5. The molecule has 1 aromatic carbocycles. The highest BCUT2D eigenvalue weighted by molar-refractivity contribution is 6.07. The summed E-state index contributed by atoms with van der Waals surface area (Å²) in [6.45, 7) is 2.04. The highest BCUT2D eigenvalue weighted by Crippen LogP contribution is 2.33. The molecule has 3 rings (SSSR count). The number of nitrogens with zero attached hydrogens (tertiary/aromatic N) is 1. The van der Waals surface area contributed by atoms with Gasteiger partial charge in [-0.1, -0.05) is 49.6 Å². The number of hydrogen-bond acceptors (Lipinski definition) is 3. The first-order chi connectivity index (χ1) is 12.0. The number of carbonyl (C=O) groups is 3. The van der Waals surface area contributed by atoms with Gasteiger partial charge in [-0.05, 0) is 25.3 Å². The SMILES string of the molecule is CC(NC(=O)CCN1C(=O)NC2(CCCCC2)C1=O)c1ccccc1. The summed E-state index contributed by atoms with van der Waals surface area (Å²) in [4.78, 5) is 38.2. The third-order valence-corrected chi connectivity index (χ3v) is 5.19. The highest BCUT2D eigenvalue weighted by atomic mass is 16.2. The van der Waals surface area contributed by atoms with E-state index >= 15 is 0 Å². The number of nitrogens with one attached hydrogen (secondary N) is 2. The van der Waals surface area contributed by atoms with Crippen LogP contribution in [0.2, 0.25) is 0 Å². The number of imide groups is 1. The zero-order valence-electron chi connectivity index (χ0n) is 14.6. The van der Waals surface area contributed by atoms with Crippen LogP contribution in [0.3, 0.4) is 0 Å². The predicted octanol–water partition coefficient (Wildman–Crippen LogP) is 2.51. The van der Waals surface area contributed by atoms with Gasteiger partial charge >= 0.3 is 6.03 Å². The van der Waals surface area contributed by atoms with Crippen LogP contribution < -0.4 is 10.6 Å². The Morgan fingerprint density at radius 2 is 1.88 bits per heavy atom. The van der Waals surface area contributed by atoms with Crippen molar-refractivity contribution >= 4 is 17.8 Å². The molecule has 1 saturated carbocycles. The molecular weight excluding hydrogens is 318 g/mol.